The number of ketones is 1. The third-order valence-corrected chi connectivity index (χ3v) is 3.21. The van der Waals surface area contributed by atoms with Crippen LogP contribution >= 0.6 is 0 Å². The van der Waals surface area contributed by atoms with Gasteiger partial charge >= 0.3 is 0 Å². The van der Waals surface area contributed by atoms with E-state index in [1.165, 1.54) is 6.08 Å². The van der Waals surface area contributed by atoms with Crippen LogP contribution in [-0.4, -0.2) is 23.2 Å². The second kappa shape index (κ2) is 7.15. The first-order valence-corrected chi connectivity index (χ1v) is 7.11. The number of rotatable bonds is 6. The van der Waals surface area contributed by atoms with E-state index < -0.39 is 17.4 Å². The second-order valence-electron chi connectivity index (χ2n) is 5.43. The molecule has 0 amide bonds. The molecule has 5 nitrogen and oxygen atoms in total. The predicted molar refractivity (Wildman–Crippen MR) is 83.8 cm³/mol. The monoisotopic (exact) mass is 319 g/mol. The number of carbonyl (C=O) groups is 1. The summed E-state index contributed by atoms with van der Waals surface area (Å²) in [7, 11) is 0. The molecule has 0 saturated carbocycles. The topological polar surface area (TPSA) is 82.2 Å². The lowest BCUT2D eigenvalue weighted by Gasteiger charge is -2.02. The number of Topliss-reactive ketones (excluding diaryl/α,β-unsaturated/α-hetero) is 1. The van der Waals surface area contributed by atoms with Crippen LogP contribution in [0.3, 0.4) is 0 Å². The van der Waals surface area contributed by atoms with Crippen molar-refractivity contribution in [2.75, 3.05) is 0 Å². The molecule has 2 rings (SSSR count). The van der Waals surface area contributed by atoms with Gasteiger partial charge in [-0.2, -0.15) is 0 Å². The normalized spacial score (nSPS) is 14.3. The van der Waals surface area contributed by atoms with Gasteiger partial charge in [-0.25, -0.2) is 14.1 Å². The highest BCUT2D eigenvalue weighted by molar-refractivity contribution is 6.13. The number of amidine groups is 2. The predicted octanol–water partition coefficient (Wildman–Crippen LogP) is 2.06. The molecule has 23 heavy (non-hydrogen) atoms. The van der Waals surface area contributed by atoms with Gasteiger partial charge in [-0.05, 0) is 18.2 Å². The van der Waals surface area contributed by atoms with E-state index in [0.29, 0.717) is 11.9 Å². The maximum Gasteiger partial charge on any atom is 0.250 e. The lowest BCUT2D eigenvalue weighted by Crippen LogP contribution is -2.90. The van der Waals surface area contributed by atoms with Gasteiger partial charge in [-0.1, -0.05) is 24.1 Å². The van der Waals surface area contributed by atoms with Crippen molar-refractivity contribution in [1.29, 1.82) is 5.41 Å². The number of benzene rings is 1. The third kappa shape index (κ3) is 4.46. The summed E-state index contributed by atoms with van der Waals surface area (Å²) in [4.78, 5) is 11.9. The number of carbonyl (C=O) groups excluding carboxylic acids is 1. The van der Waals surface area contributed by atoms with E-state index >= 15 is 0 Å². The molecule has 0 atom stereocenters. The van der Waals surface area contributed by atoms with Crippen molar-refractivity contribution in [1.82, 2.24) is 0 Å². The molecule has 1 aliphatic rings. The van der Waals surface area contributed by atoms with Gasteiger partial charge in [0, 0.05) is 23.8 Å². The summed E-state index contributed by atoms with van der Waals surface area (Å²) < 4.78 is 26.3. The molecule has 0 spiro atoms. The molecule has 0 unspecified atom stereocenters. The van der Waals surface area contributed by atoms with Crippen molar-refractivity contribution in [2.24, 2.45) is 16.1 Å². The SMILES string of the molecule is CC(C)C1=NN=C(C=CC(=N)CC(=O)c2ccc(F)cc2F)[NH2+]1. The van der Waals surface area contributed by atoms with Crippen LogP contribution in [0, 0.1) is 23.0 Å². The first-order chi connectivity index (χ1) is 10.9. The van der Waals surface area contributed by atoms with E-state index in [2.05, 4.69) is 10.2 Å². The summed E-state index contributed by atoms with van der Waals surface area (Å²) in [6.45, 7) is 3.99. The second-order valence-corrected chi connectivity index (χ2v) is 5.43. The van der Waals surface area contributed by atoms with Crippen molar-refractivity contribution < 1.29 is 18.9 Å². The van der Waals surface area contributed by atoms with E-state index in [-0.39, 0.29) is 23.6 Å². The molecule has 1 aliphatic heterocycles. The molecule has 120 valence electrons. The van der Waals surface area contributed by atoms with Crippen LogP contribution in [-0.2, 0) is 0 Å². The van der Waals surface area contributed by atoms with Crippen molar-refractivity contribution >= 4 is 23.2 Å². The summed E-state index contributed by atoms with van der Waals surface area (Å²) >= 11 is 0. The first kappa shape index (κ1) is 16.8. The van der Waals surface area contributed by atoms with E-state index in [1.54, 1.807) is 11.4 Å². The van der Waals surface area contributed by atoms with Crippen molar-refractivity contribution in [3.8, 4) is 0 Å². The summed E-state index contributed by atoms with van der Waals surface area (Å²) in [5.41, 5.74) is -0.215. The fourth-order valence-corrected chi connectivity index (χ4v) is 1.92. The lowest BCUT2D eigenvalue weighted by atomic mass is 10.0. The summed E-state index contributed by atoms with van der Waals surface area (Å²) in [6.07, 6.45) is 2.73. The minimum Gasteiger partial charge on any atom is -0.305 e. The van der Waals surface area contributed by atoms with Crippen LogP contribution in [0.4, 0.5) is 8.78 Å². The zero-order valence-corrected chi connectivity index (χ0v) is 12.8. The standard InChI is InChI=1S/C16H16F2N4O/c1-9(2)16-20-15(21-22-16)6-4-11(19)8-14(23)12-5-3-10(17)7-13(12)18/h3-7,9,19H,8H2,1-2H3,(H,20,21,22)/p+1. The number of hydrogen-bond donors (Lipinski definition) is 2. The maximum absolute atomic E-state index is 13.5. The number of nitrogens with zero attached hydrogens (tertiary/aromatic N) is 2. The summed E-state index contributed by atoms with van der Waals surface area (Å²) in [6, 6.07) is 2.75. The van der Waals surface area contributed by atoms with Crippen molar-refractivity contribution in [3.05, 3.63) is 47.5 Å². The Bertz CT molecular complexity index is 736. The van der Waals surface area contributed by atoms with Gasteiger partial charge in [0.1, 0.15) is 11.6 Å². The average Bonchev–Trinajstić information content (AvgIpc) is 2.94. The molecule has 1 aromatic rings. The highest BCUT2D eigenvalue weighted by atomic mass is 19.1. The van der Waals surface area contributed by atoms with Crippen LogP contribution in [0.5, 0.6) is 0 Å². The smallest absolute Gasteiger partial charge is 0.250 e. The Morgan fingerprint density at radius 3 is 2.70 bits per heavy atom. The van der Waals surface area contributed by atoms with Crippen molar-refractivity contribution in [2.45, 2.75) is 20.3 Å². The minimum atomic E-state index is -0.921. The van der Waals surface area contributed by atoms with Crippen LogP contribution < -0.4 is 5.32 Å². The number of nitrogens with two attached hydrogens (primary N) is 1. The molecular formula is C16H17F2N4O+. The highest BCUT2D eigenvalue weighted by Crippen LogP contribution is 2.12. The average molecular weight is 319 g/mol. The molecule has 0 radical (unpaired) electrons. The van der Waals surface area contributed by atoms with Gasteiger partial charge in [0.15, 0.2) is 5.78 Å². The quantitative estimate of drug-likeness (QED) is 0.610. The molecular weight excluding hydrogens is 302 g/mol. The zero-order chi connectivity index (χ0) is 17.0. The highest BCUT2D eigenvalue weighted by Gasteiger charge is 2.18. The number of halogens is 2. The summed E-state index contributed by atoms with van der Waals surface area (Å²) in [5.74, 6) is -0.541. The minimum absolute atomic E-state index is 0.00724. The number of quaternary nitrogens is 1. The molecule has 7 heteroatoms. The van der Waals surface area contributed by atoms with Gasteiger partial charge in [0.2, 0.25) is 11.7 Å². The van der Waals surface area contributed by atoms with Crippen molar-refractivity contribution in [3.63, 3.8) is 0 Å². The fourth-order valence-electron chi connectivity index (χ4n) is 1.92. The Morgan fingerprint density at radius 1 is 1.35 bits per heavy atom. The molecule has 0 bridgehead atoms. The summed E-state index contributed by atoms with van der Waals surface area (Å²) in [5, 5.41) is 17.5. The molecule has 0 saturated heterocycles. The number of nitrogens with one attached hydrogen (secondary N) is 1. The fraction of sp³-hybridized carbons (Fsp3) is 0.250. The Morgan fingerprint density at radius 2 is 2.09 bits per heavy atom. The van der Waals surface area contributed by atoms with E-state index in [9.17, 15) is 13.6 Å². The molecule has 3 N–H and O–H groups in total. The third-order valence-electron chi connectivity index (χ3n) is 3.21. The van der Waals surface area contributed by atoms with E-state index in [1.807, 2.05) is 13.8 Å². The number of hydrogen-bond acceptors (Lipinski definition) is 4. The Hall–Kier alpha value is -2.54. The van der Waals surface area contributed by atoms with Crippen LogP contribution in [0.2, 0.25) is 0 Å². The number of allylic oxidation sites excluding steroid dienone is 1. The molecule has 1 aromatic carbocycles. The van der Waals surface area contributed by atoms with Gasteiger partial charge in [0.05, 0.1) is 12.0 Å². The van der Waals surface area contributed by atoms with Gasteiger partial charge in [-0.3, -0.25) is 4.79 Å². The largest absolute Gasteiger partial charge is 0.305 e. The van der Waals surface area contributed by atoms with Gasteiger partial charge in [0.25, 0.3) is 0 Å². The van der Waals surface area contributed by atoms with Crippen LogP contribution in [0.1, 0.15) is 30.6 Å². The first-order valence-electron chi connectivity index (χ1n) is 7.11. The Labute approximate surface area is 132 Å². The van der Waals surface area contributed by atoms with Crippen LogP contribution in [0.15, 0.2) is 40.6 Å². The lowest BCUT2D eigenvalue weighted by molar-refractivity contribution is -0.406. The van der Waals surface area contributed by atoms with Crippen LogP contribution in [0.25, 0.3) is 0 Å². The molecule has 0 aromatic heterocycles. The van der Waals surface area contributed by atoms with E-state index in [4.69, 9.17) is 5.41 Å². The maximum atomic E-state index is 13.5. The van der Waals surface area contributed by atoms with Gasteiger partial charge < -0.3 is 5.41 Å². The van der Waals surface area contributed by atoms with E-state index in [0.717, 1.165) is 18.0 Å². The Balaban J connectivity index is 1.93. The zero-order valence-electron chi connectivity index (χ0n) is 12.8. The van der Waals surface area contributed by atoms with Gasteiger partial charge in [-0.15, -0.1) is 0 Å². The Kier molecular flexibility index (Phi) is 5.23. The molecule has 0 aliphatic carbocycles. The molecule has 1 heterocycles. The molecule has 0 fully saturated rings.